The van der Waals surface area contributed by atoms with Crippen molar-refractivity contribution in [3.63, 3.8) is 0 Å². The molecule has 0 saturated carbocycles. The molecule has 1 aromatic carbocycles. The van der Waals surface area contributed by atoms with Crippen molar-refractivity contribution in [3.8, 4) is 0 Å². The summed E-state index contributed by atoms with van der Waals surface area (Å²) in [4.78, 5) is 14.1. The van der Waals surface area contributed by atoms with Crippen molar-refractivity contribution in [2.75, 3.05) is 24.6 Å². The quantitative estimate of drug-likeness (QED) is 0.839. The van der Waals surface area contributed by atoms with Crippen LogP contribution in [0.1, 0.15) is 18.4 Å². The standard InChI is InChI=1S/C15H22N2O3S.ClH/c16-7-8-17(11-13-4-2-1-3-5-13)15(18)10-14-6-9-21(19,20)12-14;/h1-5,14H,6-12,16H2;1H. The van der Waals surface area contributed by atoms with Gasteiger partial charge in [-0.2, -0.15) is 0 Å². The predicted molar refractivity (Wildman–Crippen MR) is 89.5 cm³/mol. The smallest absolute Gasteiger partial charge is 0.223 e. The number of hydrogen-bond donors (Lipinski definition) is 1. The summed E-state index contributed by atoms with van der Waals surface area (Å²) in [5.41, 5.74) is 6.64. The lowest BCUT2D eigenvalue weighted by Crippen LogP contribution is -2.36. The van der Waals surface area contributed by atoms with Crippen molar-refractivity contribution >= 4 is 28.2 Å². The molecule has 2 N–H and O–H groups in total. The number of hydrogen-bond acceptors (Lipinski definition) is 4. The van der Waals surface area contributed by atoms with Crippen LogP contribution in [-0.4, -0.2) is 43.8 Å². The summed E-state index contributed by atoms with van der Waals surface area (Å²) in [6, 6.07) is 9.74. The molecule has 0 spiro atoms. The molecule has 7 heteroatoms. The molecule has 5 nitrogen and oxygen atoms in total. The first-order valence-corrected chi connectivity index (χ1v) is 9.04. The Morgan fingerprint density at radius 3 is 2.50 bits per heavy atom. The zero-order chi connectivity index (χ0) is 15.3. The second-order valence-electron chi connectivity index (χ2n) is 5.56. The molecule has 1 saturated heterocycles. The highest BCUT2D eigenvalue weighted by molar-refractivity contribution is 7.91. The van der Waals surface area contributed by atoms with Gasteiger partial charge in [-0.15, -0.1) is 12.4 Å². The highest BCUT2D eigenvalue weighted by Crippen LogP contribution is 2.22. The summed E-state index contributed by atoms with van der Waals surface area (Å²) in [6.07, 6.45) is 0.891. The molecule has 1 aromatic rings. The van der Waals surface area contributed by atoms with Gasteiger partial charge in [0, 0.05) is 26.1 Å². The maximum atomic E-state index is 12.4. The number of benzene rings is 1. The van der Waals surface area contributed by atoms with E-state index in [1.54, 1.807) is 4.90 Å². The first-order valence-electron chi connectivity index (χ1n) is 7.22. The van der Waals surface area contributed by atoms with Crippen molar-refractivity contribution in [2.24, 2.45) is 11.7 Å². The third-order valence-corrected chi connectivity index (χ3v) is 5.60. The monoisotopic (exact) mass is 346 g/mol. The van der Waals surface area contributed by atoms with Gasteiger partial charge in [-0.05, 0) is 17.9 Å². The van der Waals surface area contributed by atoms with Gasteiger partial charge in [-0.3, -0.25) is 4.79 Å². The molecular formula is C15H23ClN2O3S. The van der Waals surface area contributed by atoms with Crippen LogP contribution in [0, 0.1) is 5.92 Å². The largest absolute Gasteiger partial charge is 0.337 e. The number of carbonyl (C=O) groups is 1. The molecule has 1 aliphatic rings. The normalized spacial score (nSPS) is 19.4. The molecule has 1 fully saturated rings. The molecule has 0 aliphatic carbocycles. The number of nitrogens with two attached hydrogens (primary N) is 1. The molecule has 1 atom stereocenters. The second kappa shape index (κ2) is 8.50. The minimum Gasteiger partial charge on any atom is -0.337 e. The molecule has 1 aliphatic heterocycles. The van der Waals surface area contributed by atoms with E-state index in [4.69, 9.17) is 5.73 Å². The van der Waals surface area contributed by atoms with E-state index in [1.807, 2.05) is 30.3 Å². The summed E-state index contributed by atoms with van der Waals surface area (Å²) in [5, 5.41) is 0. The van der Waals surface area contributed by atoms with Gasteiger partial charge in [-0.25, -0.2) is 8.42 Å². The summed E-state index contributed by atoms with van der Waals surface area (Å²) in [5.74, 6) is 0.297. The van der Waals surface area contributed by atoms with Crippen LogP contribution >= 0.6 is 12.4 Å². The van der Waals surface area contributed by atoms with Crippen LogP contribution in [0.5, 0.6) is 0 Å². The van der Waals surface area contributed by atoms with Crippen molar-refractivity contribution in [1.29, 1.82) is 0 Å². The Morgan fingerprint density at radius 2 is 1.95 bits per heavy atom. The maximum absolute atomic E-state index is 12.4. The molecule has 1 heterocycles. The van der Waals surface area contributed by atoms with E-state index < -0.39 is 9.84 Å². The zero-order valence-electron chi connectivity index (χ0n) is 12.5. The van der Waals surface area contributed by atoms with Crippen LogP contribution in [0.4, 0.5) is 0 Å². The molecular weight excluding hydrogens is 324 g/mol. The highest BCUT2D eigenvalue weighted by Gasteiger charge is 2.30. The number of carbonyl (C=O) groups excluding carboxylic acids is 1. The van der Waals surface area contributed by atoms with E-state index in [1.165, 1.54) is 0 Å². The molecule has 0 aromatic heterocycles. The fourth-order valence-electron chi connectivity index (χ4n) is 2.66. The van der Waals surface area contributed by atoms with Gasteiger partial charge < -0.3 is 10.6 Å². The van der Waals surface area contributed by atoms with Crippen LogP contribution in [0.25, 0.3) is 0 Å². The van der Waals surface area contributed by atoms with Gasteiger partial charge >= 0.3 is 0 Å². The van der Waals surface area contributed by atoms with Gasteiger partial charge in [0.1, 0.15) is 0 Å². The number of halogens is 1. The molecule has 22 heavy (non-hydrogen) atoms. The topological polar surface area (TPSA) is 80.5 Å². The Morgan fingerprint density at radius 1 is 1.27 bits per heavy atom. The predicted octanol–water partition coefficient (Wildman–Crippen LogP) is 1.22. The third kappa shape index (κ3) is 5.59. The fourth-order valence-corrected chi connectivity index (χ4v) is 4.52. The van der Waals surface area contributed by atoms with Gasteiger partial charge in [0.05, 0.1) is 11.5 Å². The number of nitrogens with zero attached hydrogens (tertiary/aromatic N) is 1. The Balaban J connectivity index is 0.00000242. The number of rotatable bonds is 6. The van der Waals surface area contributed by atoms with Crippen molar-refractivity contribution in [1.82, 2.24) is 4.90 Å². The maximum Gasteiger partial charge on any atom is 0.223 e. The Hall–Kier alpha value is -1.11. The lowest BCUT2D eigenvalue weighted by atomic mass is 10.0. The van der Waals surface area contributed by atoms with Gasteiger partial charge in [0.2, 0.25) is 5.91 Å². The molecule has 1 unspecified atom stereocenters. The molecule has 0 bridgehead atoms. The SMILES string of the molecule is Cl.NCCN(Cc1ccccc1)C(=O)CC1CCS(=O)(=O)C1. The summed E-state index contributed by atoms with van der Waals surface area (Å²) in [7, 11) is -2.93. The van der Waals surface area contributed by atoms with Crippen LogP contribution < -0.4 is 5.73 Å². The lowest BCUT2D eigenvalue weighted by Gasteiger charge is -2.23. The van der Waals surface area contributed by atoms with E-state index >= 15 is 0 Å². The Kier molecular flexibility index (Phi) is 7.32. The second-order valence-corrected chi connectivity index (χ2v) is 7.79. The zero-order valence-corrected chi connectivity index (χ0v) is 14.1. The molecule has 124 valence electrons. The highest BCUT2D eigenvalue weighted by atomic mass is 35.5. The van der Waals surface area contributed by atoms with E-state index in [0.29, 0.717) is 32.5 Å². The summed E-state index contributed by atoms with van der Waals surface area (Å²) in [6.45, 7) is 1.42. The van der Waals surface area contributed by atoms with Gasteiger partial charge in [0.15, 0.2) is 9.84 Å². The first-order chi connectivity index (χ1) is 10.00. The third-order valence-electron chi connectivity index (χ3n) is 3.76. The van der Waals surface area contributed by atoms with E-state index in [-0.39, 0.29) is 35.7 Å². The van der Waals surface area contributed by atoms with Crippen molar-refractivity contribution in [2.45, 2.75) is 19.4 Å². The van der Waals surface area contributed by atoms with Crippen molar-refractivity contribution in [3.05, 3.63) is 35.9 Å². The van der Waals surface area contributed by atoms with E-state index in [9.17, 15) is 13.2 Å². The number of sulfone groups is 1. The van der Waals surface area contributed by atoms with E-state index in [2.05, 4.69) is 0 Å². The van der Waals surface area contributed by atoms with Crippen LogP contribution in [0.3, 0.4) is 0 Å². The minimum absolute atomic E-state index is 0. The van der Waals surface area contributed by atoms with Crippen molar-refractivity contribution < 1.29 is 13.2 Å². The molecule has 0 radical (unpaired) electrons. The molecule has 1 amide bonds. The summed E-state index contributed by atoms with van der Waals surface area (Å²) < 4.78 is 22.9. The Labute approximate surface area is 138 Å². The van der Waals surface area contributed by atoms with Gasteiger partial charge in [-0.1, -0.05) is 30.3 Å². The van der Waals surface area contributed by atoms with E-state index in [0.717, 1.165) is 5.56 Å². The summed E-state index contributed by atoms with van der Waals surface area (Å²) >= 11 is 0. The van der Waals surface area contributed by atoms with Crippen LogP contribution in [0.2, 0.25) is 0 Å². The lowest BCUT2D eigenvalue weighted by molar-refractivity contribution is -0.132. The van der Waals surface area contributed by atoms with Crippen LogP contribution in [-0.2, 0) is 21.2 Å². The average Bonchev–Trinajstić information content (AvgIpc) is 2.78. The minimum atomic E-state index is -2.93. The fraction of sp³-hybridized carbons (Fsp3) is 0.533. The first kappa shape index (κ1) is 18.9. The average molecular weight is 347 g/mol. The Bertz CT molecular complexity index is 578. The van der Waals surface area contributed by atoms with Crippen LogP contribution in [0.15, 0.2) is 30.3 Å². The molecule has 2 rings (SSSR count). The number of amides is 1. The van der Waals surface area contributed by atoms with Gasteiger partial charge in [0.25, 0.3) is 0 Å².